The molecule has 1 aliphatic heterocycles. The summed E-state index contributed by atoms with van der Waals surface area (Å²) < 4.78 is 11.3. The molecular formula is C15H24N2O2. The molecule has 19 heavy (non-hydrogen) atoms. The summed E-state index contributed by atoms with van der Waals surface area (Å²) in [4.78, 5) is 2.41. The Hall–Kier alpha value is -1.10. The summed E-state index contributed by atoms with van der Waals surface area (Å²) >= 11 is 0. The van der Waals surface area contributed by atoms with E-state index in [4.69, 9.17) is 9.47 Å². The van der Waals surface area contributed by atoms with E-state index in [0.717, 1.165) is 58.2 Å². The van der Waals surface area contributed by atoms with Crippen LogP contribution in [-0.2, 0) is 11.3 Å². The van der Waals surface area contributed by atoms with E-state index < -0.39 is 0 Å². The largest absolute Gasteiger partial charge is 0.492 e. The lowest BCUT2D eigenvalue weighted by molar-refractivity contribution is 0.137. The molecule has 1 aromatic rings. The van der Waals surface area contributed by atoms with E-state index in [-0.39, 0.29) is 0 Å². The topological polar surface area (TPSA) is 33.7 Å². The molecule has 0 unspecified atom stereocenters. The maximum absolute atomic E-state index is 5.83. The SMILES string of the molecule is CNCc1cccc(OCCN2CCCOCC2)c1. The van der Waals surface area contributed by atoms with Gasteiger partial charge in [-0.05, 0) is 31.2 Å². The fourth-order valence-electron chi connectivity index (χ4n) is 2.26. The minimum Gasteiger partial charge on any atom is -0.492 e. The molecule has 0 aromatic heterocycles. The number of benzene rings is 1. The summed E-state index contributed by atoms with van der Waals surface area (Å²) in [6, 6.07) is 8.27. The maximum atomic E-state index is 5.83. The Balaban J connectivity index is 1.73. The Morgan fingerprint density at radius 2 is 2.26 bits per heavy atom. The zero-order chi connectivity index (χ0) is 13.3. The number of nitrogens with zero attached hydrogens (tertiary/aromatic N) is 1. The van der Waals surface area contributed by atoms with Crippen molar-refractivity contribution in [3.05, 3.63) is 29.8 Å². The Labute approximate surface area is 115 Å². The highest BCUT2D eigenvalue weighted by molar-refractivity contribution is 5.28. The molecule has 0 saturated carbocycles. The van der Waals surface area contributed by atoms with E-state index in [2.05, 4.69) is 22.3 Å². The lowest BCUT2D eigenvalue weighted by Gasteiger charge is -2.19. The van der Waals surface area contributed by atoms with Crippen molar-refractivity contribution in [1.82, 2.24) is 10.2 Å². The third kappa shape index (κ3) is 5.19. The van der Waals surface area contributed by atoms with Gasteiger partial charge in [0.05, 0.1) is 6.61 Å². The fourth-order valence-corrected chi connectivity index (χ4v) is 2.26. The smallest absolute Gasteiger partial charge is 0.119 e. The third-order valence-electron chi connectivity index (χ3n) is 3.27. The Morgan fingerprint density at radius 1 is 1.32 bits per heavy atom. The van der Waals surface area contributed by atoms with E-state index in [9.17, 15) is 0 Å². The van der Waals surface area contributed by atoms with Crippen molar-refractivity contribution in [2.75, 3.05) is 46.5 Å². The summed E-state index contributed by atoms with van der Waals surface area (Å²) in [7, 11) is 1.95. The summed E-state index contributed by atoms with van der Waals surface area (Å²) in [5.41, 5.74) is 1.25. The predicted octanol–water partition coefficient (Wildman–Crippen LogP) is 1.51. The van der Waals surface area contributed by atoms with Crippen LogP contribution in [0.15, 0.2) is 24.3 Å². The Kier molecular flexibility index (Phi) is 6.14. The van der Waals surface area contributed by atoms with Gasteiger partial charge in [0.2, 0.25) is 0 Å². The van der Waals surface area contributed by atoms with Crippen LogP contribution in [0.4, 0.5) is 0 Å². The van der Waals surface area contributed by atoms with Crippen LogP contribution in [0, 0.1) is 0 Å². The highest BCUT2D eigenvalue weighted by Gasteiger charge is 2.08. The zero-order valence-electron chi connectivity index (χ0n) is 11.7. The first kappa shape index (κ1) is 14.3. The molecule has 106 valence electrons. The van der Waals surface area contributed by atoms with Gasteiger partial charge in [0.15, 0.2) is 0 Å². The summed E-state index contributed by atoms with van der Waals surface area (Å²) in [5.74, 6) is 0.957. The van der Waals surface area contributed by atoms with Crippen molar-refractivity contribution in [3.63, 3.8) is 0 Å². The standard InChI is InChI=1S/C15H24N2O2/c1-16-13-14-4-2-5-15(12-14)19-11-8-17-6-3-9-18-10-7-17/h2,4-5,12,16H,3,6-11,13H2,1H3. The third-order valence-corrected chi connectivity index (χ3v) is 3.27. The van der Waals surface area contributed by atoms with Gasteiger partial charge in [0.1, 0.15) is 12.4 Å². The van der Waals surface area contributed by atoms with E-state index in [0.29, 0.717) is 0 Å². The number of nitrogens with one attached hydrogen (secondary N) is 1. The molecule has 1 aliphatic rings. The minimum absolute atomic E-state index is 0.739. The van der Waals surface area contributed by atoms with Crippen LogP contribution in [0.5, 0.6) is 5.75 Å². The Bertz CT molecular complexity index is 363. The second-order valence-electron chi connectivity index (χ2n) is 4.83. The minimum atomic E-state index is 0.739. The highest BCUT2D eigenvalue weighted by Crippen LogP contribution is 2.13. The Morgan fingerprint density at radius 3 is 3.16 bits per heavy atom. The van der Waals surface area contributed by atoms with Crippen LogP contribution < -0.4 is 10.1 Å². The summed E-state index contributed by atoms with van der Waals surface area (Å²) in [6.45, 7) is 6.46. The van der Waals surface area contributed by atoms with Crippen molar-refractivity contribution in [3.8, 4) is 5.75 Å². The van der Waals surface area contributed by atoms with Gasteiger partial charge in [0.25, 0.3) is 0 Å². The van der Waals surface area contributed by atoms with Gasteiger partial charge < -0.3 is 14.8 Å². The molecule has 1 aromatic carbocycles. The normalized spacial score (nSPS) is 17.1. The number of ether oxygens (including phenoxy) is 2. The number of hydrogen-bond acceptors (Lipinski definition) is 4. The second-order valence-corrected chi connectivity index (χ2v) is 4.83. The first-order chi connectivity index (χ1) is 9.38. The lowest BCUT2D eigenvalue weighted by atomic mass is 10.2. The van der Waals surface area contributed by atoms with Gasteiger partial charge in [0, 0.05) is 32.8 Å². The molecule has 0 amide bonds. The quantitative estimate of drug-likeness (QED) is 0.844. The molecule has 4 nitrogen and oxygen atoms in total. The van der Waals surface area contributed by atoms with Gasteiger partial charge >= 0.3 is 0 Å². The molecule has 0 bridgehead atoms. The van der Waals surface area contributed by atoms with Crippen molar-refractivity contribution in [2.24, 2.45) is 0 Å². The second kappa shape index (κ2) is 8.15. The number of rotatable bonds is 6. The summed E-state index contributed by atoms with van der Waals surface area (Å²) in [5, 5.41) is 3.15. The van der Waals surface area contributed by atoms with Crippen LogP contribution in [-0.4, -0.2) is 51.4 Å². The van der Waals surface area contributed by atoms with Gasteiger partial charge in [-0.2, -0.15) is 0 Å². The van der Waals surface area contributed by atoms with Crippen LogP contribution in [0.2, 0.25) is 0 Å². The van der Waals surface area contributed by atoms with Crippen LogP contribution >= 0.6 is 0 Å². The molecular weight excluding hydrogens is 240 g/mol. The van der Waals surface area contributed by atoms with Gasteiger partial charge in [-0.3, -0.25) is 4.90 Å². The van der Waals surface area contributed by atoms with Gasteiger partial charge in [-0.15, -0.1) is 0 Å². The van der Waals surface area contributed by atoms with Crippen molar-refractivity contribution in [2.45, 2.75) is 13.0 Å². The van der Waals surface area contributed by atoms with Gasteiger partial charge in [-0.1, -0.05) is 12.1 Å². The lowest BCUT2D eigenvalue weighted by Crippen LogP contribution is -2.30. The number of hydrogen-bond donors (Lipinski definition) is 1. The molecule has 4 heteroatoms. The molecule has 0 spiro atoms. The zero-order valence-corrected chi connectivity index (χ0v) is 11.7. The van der Waals surface area contributed by atoms with E-state index >= 15 is 0 Å². The molecule has 0 aliphatic carbocycles. The molecule has 1 fully saturated rings. The van der Waals surface area contributed by atoms with Crippen LogP contribution in [0.3, 0.4) is 0 Å². The summed E-state index contributed by atoms with van der Waals surface area (Å²) in [6.07, 6.45) is 1.12. The molecule has 1 saturated heterocycles. The van der Waals surface area contributed by atoms with E-state index in [1.54, 1.807) is 0 Å². The van der Waals surface area contributed by atoms with Crippen molar-refractivity contribution in [1.29, 1.82) is 0 Å². The first-order valence-corrected chi connectivity index (χ1v) is 7.05. The van der Waals surface area contributed by atoms with Crippen LogP contribution in [0.25, 0.3) is 0 Å². The molecule has 0 atom stereocenters. The molecule has 2 rings (SSSR count). The fraction of sp³-hybridized carbons (Fsp3) is 0.600. The van der Waals surface area contributed by atoms with E-state index in [1.807, 2.05) is 19.2 Å². The van der Waals surface area contributed by atoms with E-state index in [1.165, 1.54) is 5.56 Å². The van der Waals surface area contributed by atoms with Crippen LogP contribution in [0.1, 0.15) is 12.0 Å². The predicted molar refractivity (Wildman–Crippen MR) is 76.6 cm³/mol. The van der Waals surface area contributed by atoms with Gasteiger partial charge in [-0.25, -0.2) is 0 Å². The van der Waals surface area contributed by atoms with Crippen molar-refractivity contribution < 1.29 is 9.47 Å². The maximum Gasteiger partial charge on any atom is 0.119 e. The van der Waals surface area contributed by atoms with Crippen molar-refractivity contribution >= 4 is 0 Å². The average molecular weight is 264 g/mol. The average Bonchev–Trinajstić information content (AvgIpc) is 2.68. The molecule has 1 heterocycles. The molecule has 1 N–H and O–H groups in total. The first-order valence-electron chi connectivity index (χ1n) is 7.05. The monoisotopic (exact) mass is 264 g/mol. The molecule has 0 radical (unpaired) electrons. The highest BCUT2D eigenvalue weighted by atomic mass is 16.5.